The Labute approximate surface area is 120 Å². The molecule has 1 unspecified atom stereocenters. The Morgan fingerprint density at radius 2 is 2.05 bits per heavy atom. The fourth-order valence-corrected chi connectivity index (χ4v) is 3.80. The molecule has 1 atom stereocenters. The molecule has 0 aliphatic heterocycles. The third-order valence-electron chi connectivity index (χ3n) is 2.30. The molecular formula is C12H14N2O4S2. The molecule has 0 saturated heterocycles. The maximum absolute atomic E-state index is 11.7. The normalized spacial score (nSPS) is 12.4. The summed E-state index contributed by atoms with van der Waals surface area (Å²) in [5.41, 5.74) is 0.655. The molecule has 108 valence electrons. The number of anilines is 1. The van der Waals surface area contributed by atoms with Gasteiger partial charge in [0.2, 0.25) is 5.91 Å². The molecule has 6 nitrogen and oxygen atoms in total. The van der Waals surface area contributed by atoms with Crippen LogP contribution in [0.5, 0.6) is 0 Å². The summed E-state index contributed by atoms with van der Waals surface area (Å²) in [6, 6.07) is 8.38. The van der Waals surface area contributed by atoms with Gasteiger partial charge >= 0.3 is 0 Å². The number of nitrogens with one attached hydrogen (secondary N) is 1. The molecule has 1 N–H and O–H groups in total. The number of carbonyl (C=O) groups is 1. The second kappa shape index (κ2) is 7.17. The Balaban J connectivity index is 2.56. The highest BCUT2D eigenvalue weighted by Crippen LogP contribution is 2.13. The molecule has 0 heterocycles. The molecule has 1 aromatic carbocycles. The van der Waals surface area contributed by atoms with Crippen LogP contribution in [0.3, 0.4) is 0 Å². The molecule has 0 bridgehead atoms. The third-order valence-corrected chi connectivity index (χ3v) is 4.74. The largest absolute Gasteiger partial charge is 0.324 e. The fraction of sp³-hybridized carbons (Fsp3) is 0.333. The fourth-order valence-electron chi connectivity index (χ4n) is 1.34. The minimum atomic E-state index is -3.19. The van der Waals surface area contributed by atoms with Crippen molar-refractivity contribution in [3.8, 4) is 6.07 Å². The number of nitrogens with zero attached hydrogens (tertiary/aromatic N) is 1. The van der Waals surface area contributed by atoms with Crippen LogP contribution >= 0.6 is 0 Å². The molecule has 0 aromatic heterocycles. The summed E-state index contributed by atoms with van der Waals surface area (Å²) in [5, 5.41) is 11.3. The lowest BCUT2D eigenvalue weighted by molar-refractivity contribution is -0.113. The smallest absolute Gasteiger partial charge is 0.237 e. The maximum atomic E-state index is 11.7. The van der Waals surface area contributed by atoms with E-state index in [0.717, 1.165) is 6.26 Å². The van der Waals surface area contributed by atoms with Gasteiger partial charge in [0.25, 0.3) is 0 Å². The van der Waals surface area contributed by atoms with Gasteiger partial charge < -0.3 is 5.32 Å². The van der Waals surface area contributed by atoms with Crippen LogP contribution in [-0.2, 0) is 25.4 Å². The molecule has 0 fully saturated rings. The van der Waals surface area contributed by atoms with Crippen LogP contribution in [-0.4, -0.2) is 42.0 Å². The van der Waals surface area contributed by atoms with Crippen molar-refractivity contribution in [1.29, 1.82) is 5.26 Å². The van der Waals surface area contributed by atoms with E-state index < -0.39 is 26.5 Å². The van der Waals surface area contributed by atoms with Gasteiger partial charge in [0.1, 0.15) is 21.7 Å². The van der Waals surface area contributed by atoms with Gasteiger partial charge in [-0.3, -0.25) is 9.00 Å². The molecule has 1 amide bonds. The Morgan fingerprint density at radius 3 is 2.65 bits per heavy atom. The zero-order valence-corrected chi connectivity index (χ0v) is 12.5. The molecule has 1 rings (SSSR count). The molecule has 8 heteroatoms. The van der Waals surface area contributed by atoms with Crippen LogP contribution < -0.4 is 5.32 Å². The highest BCUT2D eigenvalue weighted by molar-refractivity contribution is 7.92. The van der Waals surface area contributed by atoms with Crippen molar-refractivity contribution in [2.75, 3.05) is 28.8 Å². The quantitative estimate of drug-likeness (QED) is 0.812. The van der Waals surface area contributed by atoms with Crippen molar-refractivity contribution >= 4 is 32.2 Å². The highest BCUT2D eigenvalue weighted by Gasteiger charge is 2.12. The molecule has 0 spiro atoms. The highest BCUT2D eigenvalue weighted by atomic mass is 32.2. The average molecular weight is 314 g/mol. The number of sulfone groups is 1. The zero-order chi connectivity index (χ0) is 15.2. The molecule has 0 aliphatic rings. The number of hydrogen-bond acceptors (Lipinski definition) is 5. The second-order valence-electron chi connectivity index (χ2n) is 4.12. The average Bonchev–Trinajstić information content (AvgIpc) is 2.36. The van der Waals surface area contributed by atoms with E-state index in [2.05, 4.69) is 5.32 Å². The van der Waals surface area contributed by atoms with E-state index in [4.69, 9.17) is 5.26 Å². The van der Waals surface area contributed by atoms with Crippen LogP contribution in [0.2, 0.25) is 0 Å². The van der Waals surface area contributed by atoms with Gasteiger partial charge in [-0.05, 0) is 12.1 Å². The monoisotopic (exact) mass is 314 g/mol. The SMILES string of the molecule is CS(=O)(=O)CCS(=O)CC(=O)Nc1ccccc1C#N. The minimum Gasteiger partial charge on any atom is -0.324 e. The lowest BCUT2D eigenvalue weighted by atomic mass is 10.2. The summed E-state index contributed by atoms with van der Waals surface area (Å²) in [6.07, 6.45) is 1.05. The van der Waals surface area contributed by atoms with Gasteiger partial charge in [-0.15, -0.1) is 0 Å². The van der Waals surface area contributed by atoms with Gasteiger partial charge in [-0.2, -0.15) is 5.26 Å². The van der Waals surface area contributed by atoms with E-state index >= 15 is 0 Å². The number of carbonyl (C=O) groups excluding carboxylic acids is 1. The van der Waals surface area contributed by atoms with E-state index in [0.29, 0.717) is 11.3 Å². The number of nitriles is 1. The molecule has 0 saturated carbocycles. The summed E-state index contributed by atoms with van der Waals surface area (Å²) >= 11 is 0. The summed E-state index contributed by atoms with van der Waals surface area (Å²) in [4.78, 5) is 11.7. The van der Waals surface area contributed by atoms with Crippen LogP contribution in [0.4, 0.5) is 5.69 Å². The number of amides is 1. The standard InChI is InChI=1S/C12H14N2O4S2/c1-20(17,18)7-6-19(16)9-12(15)14-11-5-3-2-4-10(11)8-13/h2-5H,6-7,9H2,1H3,(H,14,15). The first-order valence-corrected chi connectivity index (χ1v) is 9.18. The number of benzene rings is 1. The van der Waals surface area contributed by atoms with E-state index in [1.807, 2.05) is 6.07 Å². The van der Waals surface area contributed by atoms with Crippen molar-refractivity contribution in [2.45, 2.75) is 0 Å². The Bertz CT molecular complexity index is 662. The third kappa shape index (κ3) is 5.95. The molecule has 1 aromatic rings. The topological polar surface area (TPSA) is 104 Å². The summed E-state index contributed by atoms with van der Waals surface area (Å²) in [6.45, 7) is 0. The van der Waals surface area contributed by atoms with Gasteiger partial charge in [0, 0.05) is 22.8 Å². The van der Waals surface area contributed by atoms with E-state index in [1.54, 1.807) is 24.3 Å². The Kier molecular flexibility index (Phi) is 5.85. The Morgan fingerprint density at radius 1 is 1.40 bits per heavy atom. The lowest BCUT2D eigenvalue weighted by Crippen LogP contribution is -2.23. The minimum absolute atomic E-state index is 0.0772. The molecule has 20 heavy (non-hydrogen) atoms. The molecule has 0 aliphatic carbocycles. The molecular weight excluding hydrogens is 300 g/mol. The summed E-state index contributed by atoms with van der Waals surface area (Å²) in [5.74, 6) is -1.11. The van der Waals surface area contributed by atoms with Gasteiger partial charge in [0.05, 0.1) is 17.0 Å². The van der Waals surface area contributed by atoms with Gasteiger partial charge in [0.15, 0.2) is 0 Å². The lowest BCUT2D eigenvalue weighted by Gasteiger charge is -2.06. The number of rotatable bonds is 6. The van der Waals surface area contributed by atoms with Crippen molar-refractivity contribution in [2.24, 2.45) is 0 Å². The van der Waals surface area contributed by atoms with E-state index in [-0.39, 0.29) is 17.3 Å². The summed E-state index contributed by atoms with van der Waals surface area (Å²) < 4.78 is 33.4. The van der Waals surface area contributed by atoms with Crippen molar-refractivity contribution in [3.63, 3.8) is 0 Å². The maximum Gasteiger partial charge on any atom is 0.237 e. The van der Waals surface area contributed by atoms with Crippen molar-refractivity contribution in [3.05, 3.63) is 29.8 Å². The van der Waals surface area contributed by atoms with E-state index in [1.165, 1.54) is 0 Å². The van der Waals surface area contributed by atoms with Crippen LogP contribution in [0.15, 0.2) is 24.3 Å². The van der Waals surface area contributed by atoms with E-state index in [9.17, 15) is 17.4 Å². The second-order valence-corrected chi connectivity index (χ2v) is 7.96. The van der Waals surface area contributed by atoms with Crippen LogP contribution in [0.1, 0.15) is 5.56 Å². The van der Waals surface area contributed by atoms with Crippen molar-refractivity contribution < 1.29 is 17.4 Å². The molecule has 0 radical (unpaired) electrons. The van der Waals surface area contributed by atoms with Crippen molar-refractivity contribution in [1.82, 2.24) is 0 Å². The predicted octanol–water partition coefficient (Wildman–Crippen LogP) is 0.290. The predicted molar refractivity (Wildman–Crippen MR) is 77.4 cm³/mol. The number of para-hydroxylation sites is 1. The van der Waals surface area contributed by atoms with Crippen LogP contribution in [0.25, 0.3) is 0 Å². The zero-order valence-electron chi connectivity index (χ0n) is 10.8. The first-order valence-electron chi connectivity index (χ1n) is 5.63. The first kappa shape index (κ1) is 16.3. The van der Waals surface area contributed by atoms with Gasteiger partial charge in [-0.1, -0.05) is 12.1 Å². The first-order chi connectivity index (χ1) is 9.31. The number of hydrogen-bond donors (Lipinski definition) is 1. The Hall–Kier alpha value is -1.72. The van der Waals surface area contributed by atoms with Gasteiger partial charge in [-0.25, -0.2) is 8.42 Å². The van der Waals surface area contributed by atoms with Crippen LogP contribution in [0, 0.1) is 11.3 Å². The summed E-state index contributed by atoms with van der Waals surface area (Å²) in [7, 11) is -4.75.